The van der Waals surface area contributed by atoms with E-state index in [-0.39, 0.29) is 5.71 Å². The van der Waals surface area contributed by atoms with Crippen molar-refractivity contribution in [2.75, 3.05) is 31.2 Å². The molecular formula is C17H25FN4O2. The zero-order valence-electron chi connectivity index (χ0n) is 14.2. The molecule has 0 aromatic carbocycles. The summed E-state index contributed by atoms with van der Waals surface area (Å²) in [4.78, 5) is 6.26. The number of nitrogens with two attached hydrogens (primary N) is 1. The highest BCUT2D eigenvalue weighted by Gasteiger charge is 2.22. The molecule has 1 aliphatic heterocycles. The molecule has 1 saturated heterocycles. The van der Waals surface area contributed by atoms with Crippen LogP contribution < -0.4 is 10.6 Å². The highest BCUT2D eigenvalue weighted by atomic mass is 19.1. The van der Waals surface area contributed by atoms with Gasteiger partial charge in [0.25, 0.3) is 0 Å². The van der Waals surface area contributed by atoms with Crippen molar-refractivity contribution in [2.45, 2.75) is 32.7 Å². The van der Waals surface area contributed by atoms with E-state index in [0.717, 1.165) is 5.82 Å². The lowest BCUT2D eigenvalue weighted by atomic mass is 10.1. The minimum absolute atomic E-state index is 0.153. The van der Waals surface area contributed by atoms with E-state index in [4.69, 9.17) is 20.6 Å². The van der Waals surface area contributed by atoms with Gasteiger partial charge >= 0.3 is 0 Å². The summed E-state index contributed by atoms with van der Waals surface area (Å²) < 4.78 is 24.0. The van der Waals surface area contributed by atoms with Gasteiger partial charge in [-0.1, -0.05) is 0 Å². The summed E-state index contributed by atoms with van der Waals surface area (Å²) in [5.74, 6) is 0.739. The van der Waals surface area contributed by atoms with Crippen LogP contribution in [0.4, 0.5) is 10.2 Å². The molecule has 0 spiro atoms. The number of nitrogens with zero attached hydrogens (tertiary/aromatic N) is 2. The molecular weight excluding hydrogens is 311 g/mol. The molecule has 1 fully saturated rings. The average molecular weight is 336 g/mol. The molecule has 0 saturated carbocycles. The maximum absolute atomic E-state index is 13.3. The van der Waals surface area contributed by atoms with Crippen LogP contribution in [-0.4, -0.2) is 49.5 Å². The van der Waals surface area contributed by atoms with Gasteiger partial charge < -0.3 is 20.1 Å². The number of rotatable bonds is 8. The third kappa shape index (κ3) is 4.75. The molecule has 0 amide bonds. The number of halogens is 1. The smallest absolute Gasteiger partial charge is 0.200 e. The molecule has 2 heterocycles. The summed E-state index contributed by atoms with van der Waals surface area (Å²) in [6, 6.07) is 3.64. The molecule has 0 bridgehead atoms. The van der Waals surface area contributed by atoms with Gasteiger partial charge in [-0.2, -0.15) is 0 Å². The van der Waals surface area contributed by atoms with Crippen LogP contribution in [0.5, 0.6) is 0 Å². The molecule has 1 aliphatic rings. The van der Waals surface area contributed by atoms with E-state index in [2.05, 4.69) is 4.98 Å². The highest BCUT2D eigenvalue weighted by molar-refractivity contribution is 6.00. The predicted octanol–water partition coefficient (Wildman–Crippen LogP) is 2.35. The molecule has 1 aromatic heterocycles. The van der Waals surface area contributed by atoms with Gasteiger partial charge in [0.1, 0.15) is 12.0 Å². The van der Waals surface area contributed by atoms with E-state index in [9.17, 15) is 4.39 Å². The second-order valence-electron chi connectivity index (χ2n) is 5.53. The van der Waals surface area contributed by atoms with Crippen molar-refractivity contribution in [1.29, 1.82) is 5.41 Å². The maximum Gasteiger partial charge on any atom is 0.200 e. The fraction of sp³-hybridized carbons (Fsp3) is 0.529. The van der Waals surface area contributed by atoms with Gasteiger partial charge in [-0.05, 0) is 38.5 Å². The van der Waals surface area contributed by atoms with Crippen LogP contribution in [0, 0.1) is 5.41 Å². The number of hydrogen-bond acceptors (Lipinski definition) is 6. The van der Waals surface area contributed by atoms with E-state index in [0.29, 0.717) is 44.0 Å². The van der Waals surface area contributed by atoms with Crippen molar-refractivity contribution in [1.82, 2.24) is 4.98 Å². The Hall–Kier alpha value is -1.99. The summed E-state index contributed by atoms with van der Waals surface area (Å²) in [6.07, 6.45) is 2.18. The van der Waals surface area contributed by atoms with Crippen LogP contribution in [0.2, 0.25) is 0 Å². The quantitative estimate of drug-likeness (QED) is 0.562. The summed E-state index contributed by atoms with van der Waals surface area (Å²) in [5.41, 5.74) is 7.31. The van der Waals surface area contributed by atoms with Crippen LogP contribution in [0.3, 0.4) is 0 Å². The number of aromatic nitrogens is 1. The molecule has 0 aliphatic carbocycles. The first-order valence-corrected chi connectivity index (χ1v) is 8.19. The van der Waals surface area contributed by atoms with Crippen molar-refractivity contribution in [2.24, 2.45) is 5.73 Å². The number of pyridine rings is 1. The van der Waals surface area contributed by atoms with E-state index in [1.54, 1.807) is 6.20 Å². The Bertz CT molecular complexity index is 570. The summed E-state index contributed by atoms with van der Waals surface area (Å²) in [5, 5.41) is 8.06. The van der Waals surface area contributed by atoms with Gasteiger partial charge in [0.2, 0.25) is 0 Å². The van der Waals surface area contributed by atoms with Gasteiger partial charge in [-0.3, -0.25) is 5.41 Å². The SMILES string of the molecule is CCOC(OCC)C(=N)/C=C(\N)c1ccc(N2CC[C@H](F)C2)nc1. The molecule has 1 atom stereocenters. The number of alkyl halides is 1. The Morgan fingerprint density at radius 3 is 2.67 bits per heavy atom. The Balaban J connectivity index is 2.05. The van der Waals surface area contributed by atoms with Crippen molar-refractivity contribution in [3.8, 4) is 0 Å². The van der Waals surface area contributed by atoms with Crippen molar-refractivity contribution in [3.05, 3.63) is 30.0 Å². The predicted molar refractivity (Wildman–Crippen MR) is 92.9 cm³/mol. The normalized spacial score (nSPS) is 18.4. The van der Waals surface area contributed by atoms with E-state index >= 15 is 0 Å². The number of hydrogen-bond donors (Lipinski definition) is 2. The molecule has 1 aromatic rings. The Morgan fingerprint density at radius 2 is 2.17 bits per heavy atom. The lowest BCUT2D eigenvalue weighted by Crippen LogP contribution is -2.26. The molecule has 24 heavy (non-hydrogen) atoms. The summed E-state index contributed by atoms with van der Waals surface area (Å²) in [6.45, 7) is 5.64. The zero-order chi connectivity index (χ0) is 17.5. The largest absolute Gasteiger partial charge is 0.398 e. The first-order valence-electron chi connectivity index (χ1n) is 8.19. The van der Waals surface area contributed by atoms with Crippen LogP contribution in [0.15, 0.2) is 24.4 Å². The van der Waals surface area contributed by atoms with Crippen LogP contribution in [0.25, 0.3) is 5.70 Å². The first-order chi connectivity index (χ1) is 11.5. The van der Waals surface area contributed by atoms with Crippen molar-refractivity contribution >= 4 is 17.2 Å². The molecule has 3 N–H and O–H groups in total. The summed E-state index contributed by atoms with van der Waals surface area (Å²) >= 11 is 0. The van der Waals surface area contributed by atoms with Crippen LogP contribution in [-0.2, 0) is 9.47 Å². The third-order valence-corrected chi connectivity index (χ3v) is 3.74. The van der Waals surface area contributed by atoms with Gasteiger partial charge in [-0.15, -0.1) is 0 Å². The monoisotopic (exact) mass is 336 g/mol. The Labute approximate surface area is 142 Å². The lowest BCUT2D eigenvalue weighted by Gasteiger charge is -2.17. The molecule has 0 unspecified atom stereocenters. The van der Waals surface area contributed by atoms with E-state index in [1.165, 1.54) is 6.08 Å². The lowest BCUT2D eigenvalue weighted by molar-refractivity contribution is -0.0897. The van der Waals surface area contributed by atoms with Crippen molar-refractivity contribution < 1.29 is 13.9 Å². The second kappa shape index (κ2) is 8.75. The van der Waals surface area contributed by atoms with Gasteiger partial charge in [0.05, 0.1) is 12.3 Å². The first kappa shape index (κ1) is 18.4. The fourth-order valence-electron chi connectivity index (χ4n) is 2.52. The minimum atomic E-state index is -0.786. The highest BCUT2D eigenvalue weighted by Crippen LogP contribution is 2.21. The van der Waals surface area contributed by atoms with E-state index < -0.39 is 12.5 Å². The zero-order valence-corrected chi connectivity index (χ0v) is 14.2. The minimum Gasteiger partial charge on any atom is -0.398 e. The fourth-order valence-corrected chi connectivity index (χ4v) is 2.52. The molecule has 7 heteroatoms. The van der Waals surface area contributed by atoms with Crippen molar-refractivity contribution in [3.63, 3.8) is 0 Å². The topological polar surface area (TPSA) is 84.5 Å². The van der Waals surface area contributed by atoms with Crippen LogP contribution in [0.1, 0.15) is 25.8 Å². The van der Waals surface area contributed by atoms with Gasteiger partial charge in [-0.25, -0.2) is 9.37 Å². The summed E-state index contributed by atoms with van der Waals surface area (Å²) in [7, 11) is 0. The second-order valence-corrected chi connectivity index (χ2v) is 5.53. The number of anilines is 1. The van der Waals surface area contributed by atoms with E-state index in [1.807, 2.05) is 30.9 Å². The molecule has 6 nitrogen and oxygen atoms in total. The molecule has 132 valence electrons. The number of nitrogens with one attached hydrogen (secondary N) is 1. The molecule has 0 radical (unpaired) electrons. The average Bonchev–Trinajstić information content (AvgIpc) is 3.01. The molecule has 2 rings (SSSR count). The maximum atomic E-state index is 13.3. The van der Waals surface area contributed by atoms with Gasteiger partial charge in [0.15, 0.2) is 6.29 Å². The Morgan fingerprint density at radius 1 is 1.46 bits per heavy atom. The van der Waals surface area contributed by atoms with Crippen LogP contribution >= 0.6 is 0 Å². The third-order valence-electron chi connectivity index (χ3n) is 3.74. The van der Waals surface area contributed by atoms with Gasteiger partial charge in [0, 0.05) is 37.2 Å². The standard InChI is InChI=1S/C17H25FN4O2/c1-3-23-17(24-4-2)15(20)9-14(19)12-5-6-16(21-10-12)22-8-7-13(18)11-22/h5-6,9-10,13,17,20H,3-4,7-8,11,19H2,1-2H3/b14-9-,20-15?/t13-/m0/s1. The Kier molecular flexibility index (Phi) is 6.69. The number of ether oxygens (including phenoxy) is 2.